The fourth-order valence-corrected chi connectivity index (χ4v) is 5.94. The van der Waals surface area contributed by atoms with E-state index in [1.165, 1.54) is 12.1 Å². The van der Waals surface area contributed by atoms with E-state index in [0.717, 1.165) is 24.8 Å². The largest absolute Gasteiger partial charge is 0.444 e. The van der Waals surface area contributed by atoms with Crippen molar-refractivity contribution in [1.29, 1.82) is 5.26 Å². The number of halogens is 1. The van der Waals surface area contributed by atoms with Crippen LogP contribution in [0.1, 0.15) is 65.0 Å². The maximum absolute atomic E-state index is 13.6. The first-order valence-corrected chi connectivity index (χ1v) is 13.2. The molecule has 5 atom stereocenters. The summed E-state index contributed by atoms with van der Waals surface area (Å²) in [6, 6.07) is 7.61. The van der Waals surface area contributed by atoms with Crippen molar-refractivity contribution in [3.63, 3.8) is 0 Å². The van der Waals surface area contributed by atoms with E-state index in [2.05, 4.69) is 22.9 Å². The molecule has 1 N–H and O–H groups in total. The molecule has 0 aliphatic carbocycles. The summed E-state index contributed by atoms with van der Waals surface area (Å²) in [6.07, 6.45) is 2.56. The summed E-state index contributed by atoms with van der Waals surface area (Å²) < 4.78 is 19.0. The molecule has 0 radical (unpaired) electrons. The summed E-state index contributed by atoms with van der Waals surface area (Å²) in [5.74, 6) is -0.232. The summed E-state index contributed by atoms with van der Waals surface area (Å²) in [7, 11) is 0. The van der Waals surface area contributed by atoms with Gasteiger partial charge in [-0.3, -0.25) is 9.69 Å². The van der Waals surface area contributed by atoms with Gasteiger partial charge in [0.2, 0.25) is 5.91 Å². The second-order valence-corrected chi connectivity index (χ2v) is 11.3. The highest BCUT2D eigenvalue weighted by Gasteiger charge is 2.52. The van der Waals surface area contributed by atoms with Crippen molar-refractivity contribution in [1.82, 2.24) is 20.0 Å². The van der Waals surface area contributed by atoms with E-state index in [9.17, 15) is 19.2 Å². The quantitative estimate of drug-likeness (QED) is 0.569. The highest BCUT2D eigenvalue weighted by atomic mass is 19.1. The number of carbonyl (C=O) groups is 2. The van der Waals surface area contributed by atoms with E-state index < -0.39 is 17.7 Å². The SMILES string of the molecule is C=C([C@H](CN1C[C@@H]2CC1C(=O)N2C(CC)c1ccc(F)cc1)NC(=O)OC(C)(C)C)N1CCCC1C#N. The van der Waals surface area contributed by atoms with Crippen molar-refractivity contribution >= 4 is 12.0 Å². The zero-order valence-electron chi connectivity index (χ0n) is 22.2. The molecule has 4 rings (SSSR count). The molecule has 37 heavy (non-hydrogen) atoms. The second kappa shape index (κ2) is 10.7. The third-order valence-corrected chi connectivity index (χ3v) is 7.57. The van der Waals surface area contributed by atoms with Gasteiger partial charge in [0.1, 0.15) is 17.5 Å². The van der Waals surface area contributed by atoms with Crippen LogP contribution in [-0.2, 0) is 9.53 Å². The minimum absolute atomic E-state index is 0.0431. The number of nitrogens with zero attached hydrogens (tertiary/aromatic N) is 4. The number of alkyl carbamates (subject to hydrolysis) is 1. The predicted octanol–water partition coefficient (Wildman–Crippen LogP) is 3.96. The number of fused-ring (bicyclic) bond motifs is 2. The number of hydrogen-bond acceptors (Lipinski definition) is 6. The van der Waals surface area contributed by atoms with E-state index in [1.807, 2.05) is 16.7 Å². The Bertz CT molecular complexity index is 1060. The lowest BCUT2D eigenvalue weighted by Gasteiger charge is -2.40. The standard InChI is InChI=1S/C28H38FN5O3/c1-6-24(19-9-11-20(29)12-10-19)34-22-14-25(26(34)35)32(16-22)17-23(31-27(36)37-28(3,4)5)18(2)33-13-7-8-21(33)15-30/h9-12,21-25H,2,6-8,13-14,16-17H2,1,3-5H3,(H,31,36)/t21?,22-,23-,24?,25?/m0/s1. The number of nitrogens with one attached hydrogen (secondary N) is 1. The molecule has 1 aromatic carbocycles. The van der Waals surface area contributed by atoms with Crippen LogP contribution in [0.2, 0.25) is 0 Å². The number of likely N-dealkylation sites (tertiary alicyclic amines) is 3. The van der Waals surface area contributed by atoms with Crippen LogP contribution in [0.4, 0.5) is 9.18 Å². The van der Waals surface area contributed by atoms with Crippen LogP contribution in [0.3, 0.4) is 0 Å². The fraction of sp³-hybridized carbons (Fsp3) is 0.607. The highest BCUT2D eigenvalue weighted by Crippen LogP contribution is 2.39. The molecule has 9 heteroatoms. The molecule has 0 saturated carbocycles. The minimum atomic E-state index is -0.655. The molecule has 1 aromatic rings. The Labute approximate surface area is 219 Å². The van der Waals surface area contributed by atoms with Crippen molar-refractivity contribution in [2.75, 3.05) is 19.6 Å². The summed E-state index contributed by atoms with van der Waals surface area (Å²) in [5.41, 5.74) is 0.947. The Morgan fingerprint density at radius 1 is 1.32 bits per heavy atom. The van der Waals surface area contributed by atoms with Gasteiger partial charge in [0.15, 0.2) is 0 Å². The van der Waals surface area contributed by atoms with Gasteiger partial charge >= 0.3 is 6.09 Å². The van der Waals surface area contributed by atoms with Crippen LogP contribution in [0, 0.1) is 17.1 Å². The van der Waals surface area contributed by atoms with Crippen LogP contribution in [0.15, 0.2) is 36.5 Å². The summed E-state index contributed by atoms with van der Waals surface area (Å²) in [4.78, 5) is 32.3. The van der Waals surface area contributed by atoms with Crippen molar-refractivity contribution in [3.8, 4) is 6.07 Å². The smallest absolute Gasteiger partial charge is 0.408 e. The van der Waals surface area contributed by atoms with E-state index in [4.69, 9.17) is 4.74 Å². The summed E-state index contributed by atoms with van der Waals surface area (Å²) in [6.45, 7) is 13.5. The Morgan fingerprint density at radius 2 is 2.03 bits per heavy atom. The average Bonchev–Trinajstić information content (AvgIpc) is 3.54. The van der Waals surface area contributed by atoms with Gasteiger partial charge in [-0.25, -0.2) is 9.18 Å². The summed E-state index contributed by atoms with van der Waals surface area (Å²) >= 11 is 0. The third-order valence-electron chi connectivity index (χ3n) is 7.57. The van der Waals surface area contributed by atoms with Crippen LogP contribution in [0.5, 0.6) is 0 Å². The zero-order chi connectivity index (χ0) is 26.9. The molecule has 0 aromatic heterocycles. The average molecular weight is 512 g/mol. The van der Waals surface area contributed by atoms with Gasteiger partial charge in [0.05, 0.1) is 24.2 Å². The molecule has 3 aliphatic rings. The number of hydrogen-bond donors (Lipinski definition) is 1. The molecular formula is C28H38FN5O3. The molecule has 3 fully saturated rings. The molecule has 2 amide bonds. The number of nitriles is 1. The third kappa shape index (κ3) is 5.74. The number of amides is 2. The second-order valence-electron chi connectivity index (χ2n) is 11.3. The van der Waals surface area contributed by atoms with Crippen LogP contribution in [0.25, 0.3) is 0 Å². The van der Waals surface area contributed by atoms with Crippen LogP contribution >= 0.6 is 0 Å². The van der Waals surface area contributed by atoms with Crippen molar-refractivity contribution in [2.45, 2.75) is 89.2 Å². The number of benzene rings is 1. The van der Waals surface area contributed by atoms with E-state index in [-0.39, 0.29) is 35.9 Å². The van der Waals surface area contributed by atoms with Gasteiger partial charge < -0.3 is 19.9 Å². The Balaban J connectivity index is 1.49. The van der Waals surface area contributed by atoms with Crippen LogP contribution < -0.4 is 5.32 Å². The molecule has 3 heterocycles. The van der Waals surface area contributed by atoms with Gasteiger partial charge in [-0.1, -0.05) is 25.6 Å². The van der Waals surface area contributed by atoms with E-state index in [1.54, 1.807) is 32.9 Å². The molecule has 200 valence electrons. The topological polar surface area (TPSA) is 88.9 Å². The first-order chi connectivity index (χ1) is 17.5. The van der Waals surface area contributed by atoms with Gasteiger partial charge in [0, 0.05) is 31.4 Å². The fourth-order valence-electron chi connectivity index (χ4n) is 5.94. The van der Waals surface area contributed by atoms with Crippen molar-refractivity contribution in [3.05, 3.63) is 47.9 Å². The maximum Gasteiger partial charge on any atom is 0.408 e. The van der Waals surface area contributed by atoms with E-state index in [0.29, 0.717) is 31.8 Å². The molecule has 3 aliphatic heterocycles. The molecular weight excluding hydrogens is 473 g/mol. The molecule has 0 spiro atoms. The first-order valence-electron chi connectivity index (χ1n) is 13.2. The zero-order valence-corrected chi connectivity index (χ0v) is 22.2. The number of rotatable bonds is 8. The molecule has 8 nitrogen and oxygen atoms in total. The lowest BCUT2D eigenvalue weighted by molar-refractivity contribution is -0.139. The Kier molecular flexibility index (Phi) is 7.79. The number of carbonyl (C=O) groups excluding carboxylic acids is 2. The Hall–Kier alpha value is -3.12. The normalized spacial score (nSPS) is 25.2. The van der Waals surface area contributed by atoms with Gasteiger partial charge in [-0.15, -0.1) is 0 Å². The number of piperazine rings is 1. The minimum Gasteiger partial charge on any atom is -0.444 e. The molecule has 2 bridgehead atoms. The van der Waals surface area contributed by atoms with Gasteiger partial charge in [0.25, 0.3) is 0 Å². The molecule has 3 saturated heterocycles. The Morgan fingerprint density at radius 3 is 2.62 bits per heavy atom. The van der Waals surface area contributed by atoms with Crippen LogP contribution in [-0.4, -0.2) is 76.1 Å². The lowest BCUT2D eigenvalue weighted by atomic mass is 10.0. The highest BCUT2D eigenvalue weighted by molar-refractivity contribution is 5.86. The first kappa shape index (κ1) is 26.9. The molecule has 3 unspecified atom stereocenters. The van der Waals surface area contributed by atoms with Crippen molar-refractivity contribution in [2.24, 2.45) is 0 Å². The summed E-state index contributed by atoms with van der Waals surface area (Å²) in [5, 5.41) is 12.6. The van der Waals surface area contributed by atoms with Gasteiger partial charge in [-0.2, -0.15) is 5.26 Å². The maximum atomic E-state index is 13.6. The van der Waals surface area contributed by atoms with Gasteiger partial charge in [-0.05, 0) is 64.2 Å². The number of ether oxygens (including phenoxy) is 1. The van der Waals surface area contributed by atoms with Crippen molar-refractivity contribution < 1.29 is 18.7 Å². The predicted molar refractivity (Wildman–Crippen MR) is 138 cm³/mol. The lowest BCUT2D eigenvalue weighted by Crippen LogP contribution is -2.56. The monoisotopic (exact) mass is 511 g/mol. The van der Waals surface area contributed by atoms with E-state index >= 15 is 0 Å².